The highest BCUT2D eigenvalue weighted by Gasteiger charge is 2.26. The van der Waals surface area contributed by atoms with Crippen molar-refractivity contribution in [3.05, 3.63) is 327 Å². The van der Waals surface area contributed by atoms with Crippen LogP contribution in [-0.4, -0.2) is 39.0 Å². The molecule has 0 fully saturated rings. The first-order chi connectivity index (χ1) is 46.4. The van der Waals surface area contributed by atoms with Gasteiger partial charge in [0.25, 0.3) is 0 Å². The maximum absolute atomic E-state index is 5.46. The first-order valence-corrected chi connectivity index (χ1v) is 31.8. The fourth-order valence-electron chi connectivity index (χ4n) is 13.6. The van der Waals surface area contributed by atoms with E-state index in [1.807, 2.05) is 72.8 Å². The number of aromatic nitrogens is 8. The van der Waals surface area contributed by atoms with Crippen LogP contribution in [0.3, 0.4) is 0 Å². The Morgan fingerprint density at radius 1 is 0.202 bits per heavy atom. The van der Waals surface area contributed by atoms with Crippen molar-refractivity contribution in [3.8, 4) is 124 Å². The van der Waals surface area contributed by atoms with Gasteiger partial charge in [0.1, 0.15) is 0 Å². The third-order valence-corrected chi connectivity index (χ3v) is 17.9. The first-order valence-electron chi connectivity index (χ1n) is 31.8. The van der Waals surface area contributed by atoms with Gasteiger partial charge in [-0.3, -0.25) is 0 Å². The number of para-hydroxylation sites is 2. The molecule has 0 bridgehead atoms. The highest BCUT2D eigenvalue weighted by molar-refractivity contribution is 6.13. The Bertz CT molecular complexity index is 5290. The lowest BCUT2D eigenvalue weighted by Crippen LogP contribution is -2.05. The third kappa shape index (κ3) is 9.98. The van der Waals surface area contributed by atoms with E-state index in [2.05, 4.69) is 266 Å². The van der Waals surface area contributed by atoms with Gasteiger partial charge in [0.05, 0.1) is 33.4 Å². The summed E-state index contributed by atoms with van der Waals surface area (Å²) in [5, 5.41) is 4.59. The van der Waals surface area contributed by atoms with Crippen molar-refractivity contribution >= 4 is 43.6 Å². The van der Waals surface area contributed by atoms with Gasteiger partial charge in [0.2, 0.25) is 0 Å². The van der Waals surface area contributed by atoms with Gasteiger partial charge in [-0.15, -0.1) is 0 Å². The maximum atomic E-state index is 5.46. The quantitative estimate of drug-likeness (QED) is 0.121. The van der Waals surface area contributed by atoms with Crippen molar-refractivity contribution in [1.82, 2.24) is 39.0 Å². The van der Waals surface area contributed by atoms with Crippen LogP contribution in [0.5, 0.6) is 0 Å². The summed E-state index contributed by atoms with van der Waals surface area (Å²) < 4.78 is 4.86. The van der Waals surface area contributed by atoms with E-state index in [-0.39, 0.29) is 0 Å². The number of rotatable bonds is 12. The Kier molecular flexibility index (Phi) is 13.8. The van der Waals surface area contributed by atoms with E-state index in [9.17, 15) is 0 Å². The largest absolute Gasteiger partial charge is 0.309 e. The highest BCUT2D eigenvalue weighted by Crippen LogP contribution is 2.47. The van der Waals surface area contributed by atoms with Crippen molar-refractivity contribution in [1.29, 1.82) is 0 Å². The molecule has 17 aromatic rings. The molecule has 0 amide bonds. The lowest BCUT2D eigenvalue weighted by Gasteiger charge is -2.21. The second kappa shape index (κ2) is 23.4. The fraction of sp³-hybridized carbons (Fsp3) is 0.0233. The molecule has 4 aromatic heterocycles. The van der Waals surface area contributed by atoms with E-state index < -0.39 is 0 Å². The van der Waals surface area contributed by atoms with E-state index >= 15 is 0 Å². The molecule has 0 saturated heterocycles. The first kappa shape index (κ1) is 55.5. The Hall–Kier alpha value is -12.5. The van der Waals surface area contributed by atoms with Crippen LogP contribution in [-0.2, 0) is 0 Å². The van der Waals surface area contributed by atoms with Crippen molar-refractivity contribution in [2.24, 2.45) is 0 Å². The van der Waals surface area contributed by atoms with Crippen LogP contribution in [0.4, 0.5) is 0 Å². The van der Waals surface area contributed by atoms with Gasteiger partial charge in [-0.05, 0) is 102 Å². The third-order valence-electron chi connectivity index (χ3n) is 17.9. The maximum Gasteiger partial charge on any atom is 0.164 e. The lowest BCUT2D eigenvalue weighted by molar-refractivity contribution is 1.07. The van der Waals surface area contributed by atoms with E-state index in [4.69, 9.17) is 29.9 Å². The Labute approximate surface area is 544 Å². The molecule has 442 valence electrons. The van der Waals surface area contributed by atoms with Gasteiger partial charge in [0.15, 0.2) is 34.9 Å². The molecule has 94 heavy (non-hydrogen) atoms. The van der Waals surface area contributed by atoms with E-state index in [0.29, 0.717) is 34.9 Å². The number of nitrogens with zero attached hydrogens (tertiary/aromatic N) is 8. The summed E-state index contributed by atoms with van der Waals surface area (Å²) in [6.45, 7) is 4.30. The SMILES string of the molecule is Cc1cccc(-c2ccc3c(c2)c2ccccc2n3-c2cccc(-c3nc(-c4ccccc4)nc(-c4ccccc4)n3)c2-c2cccc(-c3c(-c4nc(-c5ccccc5)nc(-c5ccccc5)n4)cccc3-n3c4ccccc4c4cc(-c5cccc(C)c5)ccc43)c2)c1. The minimum absolute atomic E-state index is 0.543. The molecule has 8 heteroatoms. The van der Waals surface area contributed by atoms with E-state index in [0.717, 1.165) is 122 Å². The monoisotopic (exact) mass is 1200 g/mol. The van der Waals surface area contributed by atoms with Crippen molar-refractivity contribution in [2.75, 3.05) is 0 Å². The Morgan fingerprint density at radius 2 is 0.500 bits per heavy atom. The second-order valence-electron chi connectivity index (χ2n) is 24.0. The molecular weight excluding hydrogens is 1150 g/mol. The Balaban J connectivity index is 0.962. The van der Waals surface area contributed by atoms with Gasteiger partial charge in [-0.1, -0.05) is 272 Å². The summed E-state index contributed by atoms with van der Waals surface area (Å²) in [5.41, 5.74) is 22.3. The summed E-state index contributed by atoms with van der Waals surface area (Å²) in [7, 11) is 0. The van der Waals surface area contributed by atoms with E-state index in [1.165, 1.54) is 22.3 Å². The molecule has 0 aliphatic carbocycles. The summed E-state index contributed by atoms with van der Waals surface area (Å²) in [5.74, 6) is 3.39. The number of hydrogen-bond acceptors (Lipinski definition) is 6. The average Bonchev–Trinajstić information content (AvgIpc) is 1.49. The van der Waals surface area contributed by atoms with Crippen molar-refractivity contribution in [2.45, 2.75) is 13.8 Å². The smallest absolute Gasteiger partial charge is 0.164 e. The zero-order valence-corrected chi connectivity index (χ0v) is 51.6. The molecule has 0 saturated carbocycles. The second-order valence-corrected chi connectivity index (χ2v) is 24.0. The van der Waals surface area contributed by atoms with Gasteiger partial charge in [-0.25, -0.2) is 29.9 Å². The molecule has 0 unspecified atom stereocenters. The Morgan fingerprint density at radius 3 is 0.883 bits per heavy atom. The predicted octanol–water partition coefficient (Wildman–Crippen LogP) is 21.5. The summed E-state index contributed by atoms with van der Waals surface area (Å²) in [6.07, 6.45) is 0. The number of aryl methyl sites for hydroxylation is 2. The van der Waals surface area contributed by atoms with Crippen LogP contribution < -0.4 is 0 Å². The molecule has 0 aliphatic rings. The van der Waals surface area contributed by atoms with Crippen LogP contribution in [0.1, 0.15) is 11.1 Å². The lowest BCUT2D eigenvalue weighted by atomic mass is 9.91. The zero-order chi connectivity index (χ0) is 62.6. The number of fused-ring (bicyclic) bond motifs is 6. The van der Waals surface area contributed by atoms with Gasteiger partial charge in [-0.2, -0.15) is 0 Å². The van der Waals surface area contributed by atoms with Crippen molar-refractivity contribution < 1.29 is 0 Å². The zero-order valence-electron chi connectivity index (χ0n) is 51.6. The summed E-state index contributed by atoms with van der Waals surface area (Å²) >= 11 is 0. The van der Waals surface area contributed by atoms with Gasteiger partial charge < -0.3 is 9.13 Å². The average molecular weight is 1200 g/mol. The van der Waals surface area contributed by atoms with Crippen molar-refractivity contribution in [3.63, 3.8) is 0 Å². The topological polar surface area (TPSA) is 87.2 Å². The van der Waals surface area contributed by atoms with Crippen LogP contribution in [0.15, 0.2) is 315 Å². The van der Waals surface area contributed by atoms with Crippen LogP contribution in [0, 0.1) is 13.8 Å². The van der Waals surface area contributed by atoms with Gasteiger partial charge in [0, 0.05) is 66.1 Å². The highest BCUT2D eigenvalue weighted by atomic mass is 15.1. The van der Waals surface area contributed by atoms with E-state index in [1.54, 1.807) is 0 Å². The predicted molar refractivity (Wildman–Crippen MR) is 386 cm³/mol. The molecule has 4 heterocycles. The molecule has 0 aliphatic heterocycles. The minimum Gasteiger partial charge on any atom is -0.309 e. The molecule has 0 atom stereocenters. The molecule has 0 N–H and O–H groups in total. The van der Waals surface area contributed by atoms with Crippen LogP contribution in [0.25, 0.3) is 168 Å². The standard InChI is InChI=1S/C86H58N8/c1-55-24-19-34-61(50-55)63-46-48-75-71(53-63)67-38-15-17-42-73(67)93(75)77-44-22-40-69(85-89-81(57-26-7-3-8-27-57)87-82(90-85)58-28-9-4-10-29-58)79(77)65-36-21-37-66(52-65)80-70(86-91-83(59-30-11-5-12-31-59)88-84(92-86)60-32-13-6-14-33-60)41-23-45-78(80)94-74-43-18-16-39-68(74)72-54-64(47-49-76(72)94)62-35-20-25-56(2)51-62/h3-54H,1-2H3. The van der Waals surface area contributed by atoms with Gasteiger partial charge >= 0.3 is 0 Å². The number of benzene rings is 13. The molecule has 13 aromatic carbocycles. The van der Waals surface area contributed by atoms with Crippen LogP contribution >= 0.6 is 0 Å². The molecule has 17 rings (SSSR count). The molecule has 8 nitrogen and oxygen atoms in total. The van der Waals surface area contributed by atoms with Crippen LogP contribution in [0.2, 0.25) is 0 Å². The summed E-state index contributed by atoms with van der Waals surface area (Å²) in [4.78, 5) is 32.2. The molecule has 0 radical (unpaired) electrons. The summed E-state index contributed by atoms with van der Waals surface area (Å²) in [6, 6.07) is 112. The fourth-order valence-corrected chi connectivity index (χ4v) is 13.6. The molecule has 0 spiro atoms. The molecular formula is C86H58N8. The normalized spacial score (nSPS) is 11.5. The minimum atomic E-state index is 0.543. The number of hydrogen-bond donors (Lipinski definition) is 0.